The smallest absolute Gasteiger partial charge is 0.227 e. The Hall–Kier alpha value is -3.06. The largest absolute Gasteiger partial charge is 0.452 e. The number of aromatic nitrogens is 2. The Bertz CT molecular complexity index is 1330. The lowest BCUT2D eigenvalue weighted by atomic mass is 9.73. The van der Waals surface area contributed by atoms with Gasteiger partial charge in [-0.3, -0.25) is 4.79 Å². The van der Waals surface area contributed by atoms with Crippen LogP contribution >= 0.6 is 11.6 Å². The van der Waals surface area contributed by atoms with Gasteiger partial charge in [0.05, 0.1) is 16.1 Å². The highest BCUT2D eigenvalue weighted by Crippen LogP contribution is 2.75. The molecule has 37 heavy (non-hydrogen) atoms. The third-order valence-electron chi connectivity index (χ3n) is 9.21. The lowest BCUT2D eigenvalue weighted by Gasteiger charge is -2.32. The van der Waals surface area contributed by atoms with Crippen molar-refractivity contribution in [2.75, 3.05) is 16.4 Å². The van der Waals surface area contributed by atoms with Crippen molar-refractivity contribution in [2.45, 2.75) is 70.6 Å². The first-order valence-corrected chi connectivity index (χ1v) is 13.8. The van der Waals surface area contributed by atoms with Crippen LogP contribution in [0.2, 0.25) is 5.02 Å². The van der Waals surface area contributed by atoms with Gasteiger partial charge in [-0.15, -0.1) is 0 Å². The predicted molar refractivity (Wildman–Crippen MR) is 148 cm³/mol. The van der Waals surface area contributed by atoms with E-state index in [1.54, 1.807) is 30.6 Å². The normalized spacial score (nSPS) is 24.6. The fourth-order valence-corrected chi connectivity index (χ4v) is 7.26. The SMILES string of the molecule is C=C(Nc1ccc(Cl)cn1)c1oc2ccnc(N)c2c1NC(=O)C1CCC2(CC1)CC21CCCCCC1. The summed E-state index contributed by atoms with van der Waals surface area (Å²) in [6, 6.07) is 5.23. The number of rotatable bonds is 5. The number of fused-ring (bicyclic) bond motifs is 2. The first-order valence-electron chi connectivity index (χ1n) is 13.5. The molecule has 1 amide bonds. The quantitative estimate of drug-likeness (QED) is 0.324. The zero-order chi connectivity index (χ0) is 25.6. The molecule has 0 radical (unpaired) electrons. The van der Waals surface area contributed by atoms with E-state index < -0.39 is 0 Å². The molecule has 3 heterocycles. The maximum Gasteiger partial charge on any atom is 0.227 e. The van der Waals surface area contributed by atoms with Crippen LogP contribution in [0.15, 0.2) is 41.6 Å². The molecule has 3 aliphatic carbocycles. The number of pyridine rings is 2. The number of furan rings is 1. The Morgan fingerprint density at radius 3 is 2.46 bits per heavy atom. The summed E-state index contributed by atoms with van der Waals surface area (Å²) in [5.41, 5.74) is 8.78. The summed E-state index contributed by atoms with van der Waals surface area (Å²) in [6.45, 7) is 4.14. The topological polar surface area (TPSA) is 106 Å². The number of amides is 1. The van der Waals surface area contributed by atoms with Crippen molar-refractivity contribution in [3.05, 3.63) is 48.0 Å². The minimum atomic E-state index is -0.0242. The molecule has 0 aliphatic heterocycles. The lowest BCUT2D eigenvalue weighted by Crippen LogP contribution is -2.30. The van der Waals surface area contributed by atoms with E-state index in [2.05, 4.69) is 27.2 Å². The fraction of sp³-hybridized carbons (Fsp3) is 0.483. The number of carbonyl (C=O) groups excluding carboxylic acids is 1. The zero-order valence-electron chi connectivity index (χ0n) is 21.1. The third kappa shape index (κ3) is 4.37. The van der Waals surface area contributed by atoms with Crippen LogP contribution in [0.25, 0.3) is 16.7 Å². The van der Waals surface area contributed by atoms with Gasteiger partial charge in [-0.2, -0.15) is 0 Å². The van der Waals surface area contributed by atoms with Gasteiger partial charge < -0.3 is 20.8 Å². The highest BCUT2D eigenvalue weighted by atomic mass is 35.5. The van der Waals surface area contributed by atoms with Crippen LogP contribution in [0, 0.1) is 16.7 Å². The zero-order valence-corrected chi connectivity index (χ0v) is 21.9. The molecule has 2 spiro atoms. The van der Waals surface area contributed by atoms with Crippen molar-refractivity contribution in [3.63, 3.8) is 0 Å². The van der Waals surface area contributed by atoms with Crippen molar-refractivity contribution < 1.29 is 9.21 Å². The summed E-state index contributed by atoms with van der Waals surface area (Å²) >= 11 is 5.96. The van der Waals surface area contributed by atoms with Gasteiger partial charge in [0.1, 0.15) is 22.9 Å². The molecule has 0 bridgehead atoms. The highest BCUT2D eigenvalue weighted by molar-refractivity contribution is 6.30. The van der Waals surface area contributed by atoms with Gasteiger partial charge in [-0.25, -0.2) is 9.97 Å². The van der Waals surface area contributed by atoms with Crippen molar-refractivity contribution in [1.82, 2.24) is 9.97 Å². The van der Waals surface area contributed by atoms with Gasteiger partial charge in [0.2, 0.25) is 5.91 Å². The number of nitrogens with one attached hydrogen (secondary N) is 2. The second-order valence-corrected chi connectivity index (χ2v) is 11.7. The molecule has 7 nitrogen and oxygen atoms in total. The molecular formula is C29H34ClN5O2. The third-order valence-corrected chi connectivity index (χ3v) is 9.43. The predicted octanol–water partition coefficient (Wildman–Crippen LogP) is 7.40. The average Bonchev–Trinajstić information content (AvgIpc) is 3.43. The molecule has 0 unspecified atom stereocenters. The summed E-state index contributed by atoms with van der Waals surface area (Å²) in [5, 5.41) is 7.43. The molecule has 4 N–H and O–H groups in total. The molecule has 3 fully saturated rings. The average molecular weight is 520 g/mol. The molecule has 0 atom stereocenters. The number of anilines is 3. The van der Waals surface area contributed by atoms with Gasteiger partial charge in [-0.05, 0) is 74.0 Å². The standard InChI is InChI=1S/C29H34ClN5O2/c1-18(34-22-7-6-20(30)16-33-22)25-24(23-21(37-25)10-15-32-26(23)31)35-27(36)19-8-13-29(14-9-19)17-28(29)11-4-2-3-5-12-28/h6-7,10,15-16,19H,1-5,8-9,11-14,17H2,(H2,31,32)(H,33,34)(H,35,36). The maximum absolute atomic E-state index is 13.6. The minimum absolute atomic E-state index is 0.00929. The van der Waals surface area contributed by atoms with E-state index in [1.807, 2.05) is 0 Å². The molecule has 8 heteroatoms. The van der Waals surface area contributed by atoms with Gasteiger partial charge >= 0.3 is 0 Å². The van der Waals surface area contributed by atoms with E-state index in [0.717, 1.165) is 25.7 Å². The van der Waals surface area contributed by atoms with E-state index >= 15 is 0 Å². The number of halogens is 1. The number of hydrogen-bond donors (Lipinski definition) is 3. The molecule has 3 aromatic rings. The summed E-state index contributed by atoms with van der Waals surface area (Å²) in [6.07, 6.45) is 17.0. The van der Waals surface area contributed by atoms with Crippen molar-refractivity contribution in [2.24, 2.45) is 16.7 Å². The van der Waals surface area contributed by atoms with Crippen molar-refractivity contribution >= 4 is 51.5 Å². The lowest BCUT2D eigenvalue weighted by molar-refractivity contribution is -0.121. The summed E-state index contributed by atoms with van der Waals surface area (Å²) in [4.78, 5) is 22.1. The van der Waals surface area contributed by atoms with Gasteiger partial charge in [-0.1, -0.05) is 43.9 Å². The second-order valence-electron chi connectivity index (χ2n) is 11.3. The molecule has 3 aromatic heterocycles. The Morgan fingerprint density at radius 1 is 1.03 bits per heavy atom. The van der Waals surface area contributed by atoms with Crippen LogP contribution in [0.3, 0.4) is 0 Å². The van der Waals surface area contributed by atoms with E-state index in [0.29, 0.717) is 55.6 Å². The van der Waals surface area contributed by atoms with Crippen LogP contribution in [-0.2, 0) is 4.79 Å². The van der Waals surface area contributed by atoms with Crippen molar-refractivity contribution in [3.8, 4) is 0 Å². The molecule has 194 valence electrons. The molecule has 6 rings (SSSR count). The number of hydrogen-bond acceptors (Lipinski definition) is 6. The fourth-order valence-electron chi connectivity index (χ4n) is 7.14. The monoisotopic (exact) mass is 519 g/mol. The van der Waals surface area contributed by atoms with Crippen LogP contribution in [0.4, 0.5) is 17.3 Å². The van der Waals surface area contributed by atoms with E-state index in [1.165, 1.54) is 44.9 Å². The summed E-state index contributed by atoms with van der Waals surface area (Å²) < 4.78 is 6.11. The Kier molecular flexibility index (Phi) is 6.14. The van der Waals surface area contributed by atoms with E-state index in [9.17, 15) is 4.79 Å². The minimum Gasteiger partial charge on any atom is -0.452 e. The first-order chi connectivity index (χ1) is 17.9. The summed E-state index contributed by atoms with van der Waals surface area (Å²) in [5.74, 6) is 1.26. The van der Waals surface area contributed by atoms with Gasteiger partial charge in [0.25, 0.3) is 0 Å². The van der Waals surface area contributed by atoms with Crippen molar-refractivity contribution in [1.29, 1.82) is 0 Å². The first kappa shape index (κ1) is 24.3. The number of nitrogens with zero attached hydrogens (tertiary/aromatic N) is 2. The van der Waals surface area contributed by atoms with Crippen LogP contribution in [0.1, 0.15) is 76.4 Å². The molecular weight excluding hydrogens is 486 g/mol. The molecule has 0 aromatic carbocycles. The van der Waals surface area contributed by atoms with Crippen LogP contribution in [0.5, 0.6) is 0 Å². The summed E-state index contributed by atoms with van der Waals surface area (Å²) in [7, 11) is 0. The molecule has 3 aliphatic rings. The van der Waals surface area contributed by atoms with Gasteiger partial charge in [0.15, 0.2) is 5.76 Å². The molecule has 0 saturated heterocycles. The van der Waals surface area contributed by atoms with Crippen LogP contribution < -0.4 is 16.4 Å². The Morgan fingerprint density at radius 2 is 1.76 bits per heavy atom. The Labute approximate surface area is 222 Å². The number of nitrogens with two attached hydrogens (primary N) is 1. The second kappa shape index (κ2) is 9.35. The number of nitrogen functional groups attached to an aromatic ring is 1. The van der Waals surface area contributed by atoms with E-state index in [4.69, 9.17) is 21.8 Å². The maximum atomic E-state index is 13.6. The molecule has 3 saturated carbocycles. The highest BCUT2D eigenvalue weighted by Gasteiger charge is 2.65. The number of carbonyl (C=O) groups is 1. The van der Waals surface area contributed by atoms with E-state index in [-0.39, 0.29) is 11.8 Å². The van der Waals surface area contributed by atoms with Gasteiger partial charge in [0, 0.05) is 18.3 Å². The van der Waals surface area contributed by atoms with Crippen LogP contribution in [-0.4, -0.2) is 15.9 Å². The Balaban J connectivity index is 1.20.